The van der Waals surface area contributed by atoms with E-state index in [0.29, 0.717) is 17.4 Å². The van der Waals surface area contributed by atoms with Gasteiger partial charge in [0.1, 0.15) is 0 Å². The number of rotatable bonds is 3. The number of benzene rings is 2. The first-order valence-electron chi connectivity index (χ1n) is 6.79. The third kappa shape index (κ3) is 2.48. The molecule has 21 heavy (non-hydrogen) atoms. The molecule has 2 aromatic carbocycles. The average molecular weight is 279 g/mol. The second-order valence-electron chi connectivity index (χ2n) is 4.96. The highest BCUT2D eigenvalue weighted by atomic mass is 16.5. The molecule has 4 nitrogen and oxygen atoms in total. The highest BCUT2D eigenvalue weighted by Gasteiger charge is 2.12. The maximum Gasteiger partial charge on any atom is 0.306 e. The fourth-order valence-electron chi connectivity index (χ4n) is 2.39. The molecule has 3 rings (SSSR count). The van der Waals surface area contributed by atoms with Crippen LogP contribution in [-0.2, 0) is 0 Å². The van der Waals surface area contributed by atoms with Gasteiger partial charge in [-0.25, -0.2) is 4.98 Å². The van der Waals surface area contributed by atoms with Crippen molar-refractivity contribution in [3.8, 4) is 17.4 Å². The van der Waals surface area contributed by atoms with Crippen LogP contribution in [0.15, 0.2) is 54.9 Å². The molecule has 106 valence electrons. The van der Waals surface area contributed by atoms with E-state index >= 15 is 0 Å². The summed E-state index contributed by atoms with van der Waals surface area (Å²) in [6, 6.07) is 14.1. The predicted molar refractivity (Wildman–Crippen MR) is 84.0 cm³/mol. The number of nitrogen functional groups attached to an aromatic ring is 1. The van der Waals surface area contributed by atoms with Gasteiger partial charge in [-0.05, 0) is 37.1 Å². The van der Waals surface area contributed by atoms with Crippen LogP contribution in [0.25, 0.3) is 5.69 Å². The zero-order valence-corrected chi connectivity index (χ0v) is 12.1. The van der Waals surface area contributed by atoms with Crippen LogP contribution >= 0.6 is 0 Å². The molecule has 0 unspecified atom stereocenters. The average Bonchev–Trinajstić information content (AvgIpc) is 2.89. The van der Waals surface area contributed by atoms with Gasteiger partial charge in [0.2, 0.25) is 0 Å². The molecule has 2 N–H and O–H groups in total. The number of aryl methyl sites for hydroxylation is 2. The second kappa shape index (κ2) is 5.32. The number of aromatic nitrogens is 2. The van der Waals surface area contributed by atoms with E-state index in [-0.39, 0.29) is 0 Å². The van der Waals surface area contributed by atoms with E-state index in [1.165, 1.54) is 11.1 Å². The molecular weight excluding hydrogens is 262 g/mol. The smallest absolute Gasteiger partial charge is 0.306 e. The Balaban J connectivity index is 2.04. The van der Waals surface area contributed by atoms with E-state index in [4.69, 9.17) is 10.5 Å². The van der Waals surface area contributed by atoms with Crippen LogP contribution in [-0.4, -0.2) is 9.55 Å². The Kier molecular flexibility index (Phi) is 3.36. The van der Waals surface area contributed by atoms with Gasteiger partial charge in [0.25, 0.3) is 0 Å². The van der Waals surface area contributed by atoms with Crippen molar-refractivity contribution >= 4 is 5.69 Å². The Morgan fingerprint density at radius 2 is 1.71 bits per heavy atom. The van der Waals surface area contributed by atoms with Gasteiger partial charge in [-0.3, -0.25) is 4.57 Å². The molecule has 0 bridgehead atoms. The van der Waals surface area contributed by atoms with E-state index in [2.05, 4.69) is 31.0 Å². The fourth-order valence-corrected chi connectivity index (χ4v) is 2.39. The summed E-state index contributed by atoms with van der Waals surface area (Å²) in [5.74, 6) is 0.608. The van der Waals surface area contributed by atoms with Crippen molar-refractivity contribution in [3.63, 3.8) is 0 Å². The van der Waals surface area contributed by atoms with E-state index in [1.807, 2.05) is 41.1 Å². The quantitative estimate of drug-likeness (QED) is 0.741. The number of nitrogens with zero attached hydrogens (tertiary/aromatic N) is 2. The topological polar surface area (TPSA) is 53.1 Å². The highest BCUT2D eigenvalue weighted by Crippen LogP contribution is 2.29. The number of para-hydroxylation sites is 3. The minimum Gasteiger partial charge on any atom is -0.423 e. The Bertz CT molecular complexity index is 757. The summed E-state index contributed by atoms with van der Waals surface area (Å²) >= 11 is 0. The minimum absolute atomic E-state index is 0.505. The van der Waals surface area contributed by atoms with Crippen molar-refractivity contribution in [2.75, 3.05) is 5.73 Å². The van der Waals surface area contributed by atoms with E-state index in [9.17, 15) is 0 Å². The molecule has 0 amide bonds. The van der Waals surface area contributed by atoms with Crippen LogP contribution in [0.5, 0.6) is 11.8 Å². The number of nitrogens with two attached hydrogens (primary N) is 1. The lowest BCUT2D eigenvalue weighted by Gasteiger charge is -2.14. The number of hydrogen-bond donors (Lipinski definition) is 1. The lowest BCUT2D eigenvalue weighted by Crippen LogP contribution is -2.02. The summed E-state index contributed by atoms with van der Waals surface area (Å²) in [5.41, 5.74) is 9.93. The molecule has 0 aliphatic carbocycles. The van der Waals surface area contributed by atoms with Crippen molar-refractivity contribution < 1.29 is 4.74 Å². The molecule has 0 radical (unpaired) electrons. The molecule has 4 heteroatoms. The van der Waals surface area contributed by atoms with Gasteiger partial charge in [0.15, 0.2) is 5.75 Å². The number of ether oxygens (including phenoxy) is 1. The lowest BCUT2D eigenvalue weighted by molar-refractivity contribution is 0.436. The molecule has 0 saturated heterocycles. The molecular formula is C17H17N3O. The molecule has 0 saturated carbocycles. The Labute approximate surface area is 123 Å². The molecule has 0 aliphatic rings. The van der Waals surface area contributed by atoms with Crippen LogP contribution in [0.2, 0.25) is 0 Å². The zero-order valence-electron chi connectivity index (χ0n) is 12.1. The van der Waals surface area contributed by atoms with Gasteiger partial charge < -0.3 is 10.5 Å². The van der Waals surface area contributed by atoms with Crippen molar-refractivity contribution in [1.82, 2.24) is 9.55 Å². The summed E-state index contributed by atoms with van der Waals surface area (Å²) in [5, 5.41) is 0. The lowest BCUT2D eigenvalue weighted by atomic mass is 10.1. The second-order valence-corrected chi connectivity index (χ2v) is 4.96. The monoisotopic (exact) mass is 279 g/mol. The number of imidazole rings is 1. The number of hydrogen-bond acceptors (Lipinski definition) is 3. The molecule has 0 aliphatic heterocycles. The molecule has 3 aromatic rings. The van der Waals surface area contributed by atoms with Crippen LogP contribution in [0.1, 0.15) is 11.1 Å². The largest absolute Gasteiger partial charge is 0.423 e. The predicted octanol–water partition coefficient (Wildman–Crippen LogP) is 3.86. The summed E-state index contributed by atoms with van der Waals surface area (Å²) in [7, 11) is 0. The molecule has 0 atom stereocenters. The standard InChI is InChI=1S/C17H17N3O/c1-12-6-5-7-13(2)16(12)20-11-10-19-17(20)21-15-9-4-3-8-14(15)18/h3-11H,18H2,1-2H3. The van der Waals surface area contributed by atoms with Crippen molar-refractivity contribution in [2.45, 2.75) is 13.8 Å². The van der Waals surface area contributed by atoms with Crippen LogP contribution in [0.4, 0.5) is 5.69 Å². The molecule has 0 fully saturated rings. The van der Waals surface area contributed by atoms with Gasteiger partial charge in [-0.1, -0.05) is 30.3 Å². The Morgan fingerprint density at radius 1 is 1.00 bits per heavy atom. The Morgan fingerprint density at radius 3 is 2.43 bits per heavy atom. The summed E-state index contributed by atoms with van der Waals surface area (Å²) in [6.07, 6.45) is 3.62. The molecule has 1 aromatic heterocycles. The van der Waals surface area contributed by atoms with Crippen molar-refractivity contribution in [3.05, 3.63) is 66.0 Å². The first-order valence-corrected chi connectivity index (χ1v) is 6.79. The SMILES string of the molecule is Cc1cccc(C)c1-n1ccnc1Oc1ccccc1N. The maximum atomic E-state index is 5.92. The summed E-state index contributed by atoms with van der Waals surface area (Å²) < 4.78 is 7.81. The molecule has 1 heterocycles. The van der Waals surface area contributed by atoms with Gasteiger partial charge in [-0.15, -0.1) is 0 Å². The summed E-state index contributed by atoms with van der Waals surface area (Å²) in [6.45, 7) is 4.14. The van der Waals surface area contributed by atoms with Gasteiger partial charge in [-0.2, -0.15) is 0 Å². The summed E-state index contributed by atoms with van der Waals surface area (Å²) in [4.78, 5) is 4.30. The van der Waals surface area contributed by atoms with Gasteiger partial charge in [0.05, 0.1) is 11.4 Å². The fraction of sp³-hybridized carbons (Fsp3) is 0.118. The van der Waals surface area contributed by atoms with Crippen LogP contribution < -0.4 is 10.5 Å². The zero-order chi connectivity index (χ0) is 14.8. The van der Waals surface area contributed by atoms with Crippen LogP contribution in [0.3, 0.4) is 0 Å². The van der Waals surface area contributed by atoms with Gasteiger partial charge in [0, 0.05) is 12.4 Å². The van der Waals surface area contributed by atoms with E-state index in [0.717, 1.165) is 5.69 Å². The van der Waals surface area contributed by atoms with Crippen molar-refractivity contribution in [2.24, 2.45) is 0 Å². The first-order chi connectivity index (χ1) is 10.2. The third-order valence-electron chi connectivity index (χ3n) is 3.41. The molecule has 0 spiro atoms. The van der Waals surface area contributed by atoms with E-state index in [1.54, 1.807) is 6.20 Å². The minimum atomic E-state index is 0.505. The van der Waals surface area contributed by atoms with Crippen molar-refractivity contribution in [1.29, 1.82) is 0 Å². The first kappa shape index (κ1) is 13.2. The van der Waals surface area contributed by atoms with Crippen LogP contribution in [0, 0.1) is 13.8 Å². The van der Waals surface area contributed by atoms with Gasteiger partial charge >= 0.3 is 6.01 Å². The third-order valence-corrected chi connectivity index (χ3v) is 3.41. The van der Waals surface area contributed by atoms with E-state index < -0.39 is 0 Å². The Hall–Kier alpha value is -2.75. The normalized spacial score (nSPS) is 10.6. The maximum absolute atomic E-state index is 5.92. The number of anilines is 1. The highest BCUT2D eigenvalue weighted by molar-refractivity contribution is 5.54.